The lowest BCUT2D eigenvalue weighted by Crippen LogP contribution is -2.25. The van der Waals surface area contributed by atoms with Gasteiger partial charge in [-0.1, -0.05) is 33.6 Å². The van der Waals surface area contributed by atoms with Crippen molar-refractivity contribution >= 4 is 27.5 Å². The fourth-order valence-corrected chi connectivity index (χ4v) is 2.26. The Kier molecular flexibility index (Phi) is 4.61. The van der Waals surface area contributed by atoms with Crippen LogP contribution in [-0.2, 0) is 6.54 Å². The Hall–Kier alpha value is -1.33. The van der Waals surface area contributed by atoms with Gasteiger partial charge in [0.05, 0.1) is 6.54 Å². The van der Waals surface area contributed by atoms with Gasteiger partial charge < -0.3 is 4.74 Å². The van der Waals surface area contributed by atoms with Crippen LogP contribution in [0.25, 0.3) is 0 Å². The van der Waals surface area contributed by atoms with Gasteiger partial charge in [0, 0.05) is 10.5 Å². The SMILES string of the molecule is Cc1nc(Cl)cc(=O)n1CCOc1cccc(Br)c1. The summed E-state index contributed by atoms with van der Waals surface area (Å²) in [5.74, 6) is 1.33. The number of halogens is 2. The van der Waals surface area contributed by atoms with E-state index < -0.39 is 0 Å². The number of nitrogens with zero attached hydrogens (tertiary/aromatic N) is 2. The van der Waals surface area contributed by atoms with Crippen molar-refractivity contribution in [1.29, 1.82) is 0 Å². The topological polar surface area (TPSA) is 44.1 Å². The number of hydrogen-bond acceptors (Lipinski definition) is 3. The third kappa shape index (κ3) is 3.81. The molecule has 1 aromatic carbocycles. The van der Waals surface area contributed by atoms with Crippen molar-refractivity contribution in [3.8, 4) is 5.75 Å². The first kappa shape index (κ1) is 14.1. The van der Waals surface area contributed by atoms with Gasteiger partial charge in [0.15, 0.2) is 0 Å². The van der Waals surface area contributed by atoms with Crippen LogP contribution in [0.4, 0.5) is 0 Å². The summed E-state index contributed by atoms with van der Waals surface area (Å²) in [6.45, 7) is 2.56. The van der Waals surface area contributed by atoms with Gasteiger partial charge in [-0.15, -0.1) is 0 Å². The van der Waals surface area contributed by atoms with Crippen LogP contribution < -0.4 is 10.3 Å². The van der Waals surface area contributed by atoms with Crippen LogP contribution in [0.5, 0.6) is 5.75 Å². The third-order valence-corrected chi connectivity index (χ3v) is 3.23. The van der Waals surface area contributed by atoms with Crippen LogP contribution in [0.1, 0.15) is 5.82 Å². The summed E-state index contributed by atoms with van der Waals surface area (Å²) >= 11 is 9.08. The van der Waals surface area contributed by atoms with E-state index in [1.54, 1.807) is 6.92 Å². The van der Waals surface area contributed by atoms with Crippen molar-refractivity contribution in [1.82, 2.24) is 9.55 Å². The van der Waals surface area contributed by atoms with Gasteiger partial charge in [-0.2, -0.15) is 0 Å². The Morgan fingerprint density at radius 3 is 2.89 bits per heavy atom. The summed E-state index contributed by atoms with van der Waals surface area (Å²) in [7, 11) is 0. The van der Waals surface area contributed by atoms with Gasteiger partial charge in [0.1, 0.15) is 23.3 Å². The maximum Gasteiger partial charge on any atom is 0.255 e. The van der Waals surface area contributed by atoms with E-state index in [1.165, 1.54) is 10.6 Å². The molecule has 0 atom stereocenters. The molecule has 0 saturated carbocycles. The van der Waals surface area contributed by atoms with Gasteiger partial charge >= 0.3 is 0 Å². The molecule has 0 radical (unpaired) electrons. The second-order valence-corrected chi connectivity index (χ2v) is 5.22. The number of hydrogen-bond donors (Lipinski definition) is 0. The van der Waals surface area contributed by atoms with Gasteiger partial charge in [0.2, 0.25) is 0 Å². The minimum atomic E-state index is -0.171. The summed E-state index contributed by atoms with van der Waals surface area (Å²) in [5, 5.41) is 0.214. The van der Waals surface area contributed by atoms with E-state index in [2.05, 4.69) is 20.9 Å². The molecule has 0 amide bonds. The van der Waals surface area contributed by atoms with Gasteiger partial charge in [-0.05, 0) is 25.1 Å². The maximum absolute atomic E-state index is 11.7. The zero-order valence-corrected chi connectivity index (χ0v) is 12.6. The quantitative estimate of drug-likeness (QED) is 0.802. The van der Waals surface area contributed by atoms with Crippen LogP contribution in [0, 0.1) is 6.92 Å². The van der Waals surface area contributed by atoms with E-state index in [0.29, 0.717) is 19.0 Å². The van der Waals surface area contributed by atoms with Crippen LogP contribution in [0.3, 0.4) is 0 Å². The van der Waals surface area contributed by atoms with Crippen molar-refractivity contribution < 1.29 is 4.74 Å². The van der Waals surface area contributed by atoms with Crippen molar-refractivity contribution in [3.05, 3.63) is 56.1 Å². The monoisotopic (exact) mass is 342 g/mol. The average Bonchev–Trinajstić information content (AvgIpc) is 2.32. The highest BCUT2D eigenvalue weighted by Gasteiger charge is 2.04. The highest BCUT2D eigenvalue weighted by molar-refractivity contribution is 9.10. The first-order valence-electron chi connectivity index (χ1n) is 5.68. The molecule has 0 aliphatic carbocycles. The largest absolute Gasteiger partial charge is 0.492 e. The fourth-order valence-electron chi connectivity index (χ4n) is 1.67. The van der Waals surface area contributed by atoms with E-state index in [4.69, 9.17) is 16.3 Å². The minimum Gasteiger partial charge on any atom is -0.492 e. The Morgan fingerprint density at radius 1 is 1.42 bits per heavy atom. The van der Waals surface area contributed by atoms with E-state index in [9.17, 15) is 4.79 Å². The van der Waals surface area contributed by atoms with E-state index in [1.807, 2.05) is 24.3 Å². The second-order valence-electron chi connectivity index (χ2n) is 3.92. The number of aryl methyl sites for hydroxylation is 1. The molecule has 0 fully saturated rings. The lowest BCUT2D eigenvalue weighted by Gasteiger charge is -2.10. The molecule has 2 aromatic rings. The van der Waals surface area contributed by atoms with Crippen LogP contribution in [0.15, 0.2) is 39.6 Å². The minimum absolute atomic E-state index is 0.171. The van der Waals surface area contributed by atoms with Crippen LogP contribution in [-0.4, -0.2) is 16.2 Å². The molecule has 0 aliphatic rings. The predicted octanol–water partition coefficient (Wildman–Crippen LogP) is 3.05. The van der Waals surface area contributed by atoms with E-state index >= 15 is 0 Å². The maximum atomic E-state index is 11.7. The Labute approximate surface area is 124 Å². The predicted molar refractivity (Wildman–Crippen MR) is 77.9 cm³/mol. The highest BCUT2D eigenvalue weighted by atomic mass is 79.9. The molecule has 4 nitrogen and oxygen atoms in total. The zero-order valence-electron chi connectivity index (χ0n) is 10.3. The van der Waals surface area contributed by atoms with Crippen molar-refractivity contribution in [2.45, 2.75) is 13.5 Å². The third-order valence-electron chi connectivity index (χ3n) is 2.55. The Balaban J connectivity index is 2.02. The number of aromatic nitrogens is 2. The first-order chi connectivity index (χ1) is 9.06. The zero-order chi connectivity index (χ0) is 13.8. The van der Waals surface area contributed by atoms with Gasteiger partial charge in [-0.3, -0.25) is 9.36 Å². The lowest BCUT2D eigenvalue weighted by molar-refractivity contribution is 0.294. The van der Waals surface area contributed by atoms with Crippen molar-refractivity contribution in [2.75, 3.05) is 6.61 Å². The first-order valence-corrected chi connectivity index (χ1v) is 6.86. The molecule has 6 heteroatoms. The number of ether oxygens (including phenoxy) is 1. The molecule has 0 N–H and O–H groups in total. The normalized spacial score (nSPS) is 10.5. The highest BCUT2D eigenvalue weighted by Crippen LogP contribution is 2.17. The average molecular weight is 344 g/mol. The summed E-state index contributed by atoms with van der Waals surface area (Å²) in [5.41, 5.74) is -0.171. The molecule has 100 valence electrons. The summed E-state index contributed by atoms with van der Waals surface area (Å²) in [4.78, 5) is 15.8. The smallest absolute Gasteiger partial charge is 0.255 e. The molecule has 0 aliphatic heterocycles. The molecule has 0 unspecified atom stereocenters. The van der Waals surface area contributed by atoms with Crippen molar-refractivity contribution in [3.63, 3.8) is 0 Å². The molecule has 0 spiro atoms. The molecule has 1 aromatic heterocycles. The van der Waals surface area contributed by atoms with Crippen LogP contribution >= 0.6 is 27.5 Å². The van der Waals surface area contributed by atoms with Gasteiger partial charge in [-0.25, -0.2) is 4.98 Å². The second kappa shape index (κ2) is 6.21. The Bertz CT molecular complexity index is 643. The fraction of sp³-hybridized carbons (Fsp3) is 0.231. The Morgan fingerprint density at radius 2 is 2.21 bits per heavy atom. The number of benzene rings is 1. The molecule has 0 bridgehead atoms. The molecule has 2 rings (SSSR count). The molecule has 1 heterocycles. The molecule has 19 heavy (non-hydrogen) atoms. The van der Waals surface area contributed by atoms with Gasteiger partial charge in [0.25, 0.3) is 5.56 Å². The van der Waals surface area contributed by atoms with Crippen LogP contribution in [0.2, 0.25) is 5.15 Å². The standard InChI is InChI=1S/C13H12BrClN2O2/c1-9-16-12(15)8-13(18)17(9)5-6-19-11-4-2-3-10(14)7-11/h2-4,7-8H,5-6H2,1H3. The van der Waals surface area contributed by atoms with E-state index in [0.717, 1.165) is 10.2 Å². The van der Waals surface area contributed by atoms with E-state index in [-0.39, 0.29) is 10.7 Å². The van der Waals surface area contributed by atoms with Crippen molar-refractivity contribution in [2.24, 2.45) is 0 Å². The molecular formula is C13H12BrClN2O2. The summed E-state index contributed by atoms with van der Waals surface area (Å²) in [6.07, 6.45) is 0. The summed E-state index contributed by atoms with van der Waals surface area (Å²) < 4.78 is 8.06. The lowest BCUT2D eigenvalue weighted by atomic mass is 10.3. The molecule has 0 saturated heterocycles. The number of rotatable bonds is 4. The molecular weight excluding hydrogens is 332 g/mol. The summed E-state index contributed by atoms with van der Waals surface area (Å²) in [6, 6.07) is 8.84.